The monoisotopic (exact) mass is 343 g/mol. The van der Waals surface area contributed by atoms with Gasteiger partial charge in [0.25, 0.3) is 0 Å². The van der Waals surface area contributed by atoms with Crippen LogP contribution < -0.4 is 5.32 Å². The smallest absolute Gasteiger partial charge is 0.207 e. The molecule has 0 aromatic carbocycles. The van der Waals surface area contributed by atoms with Crippen LogP contribution in [-0.2, 0) is 9.53 Å². The first-order chi connectivity index (χ1) is 11.8. The van der Waals surface area contributed by atoms with Crippen molar-refractivity contribution in [2.24, 2.45) is 0 Å². The quantitative estimate of drug-likeness (QED) is 0.251. The summed E-state index contributed by atoms with van der Waals surface area (Å²) >= 11 is 0. The maximum Gasteiger partial charge on any atom is 0.207 e. The first kappa shape index (κ1) is 23.4. The molecule has 0 radical (unpaired) electrons. The minimum atomic E-state index is -0.269. The summed E-state index contributed by atoms with van der Waals surface area (Å²) < 4.78 is 5.46. The summed E-state index contributed by atoms with van der Waals surface area (Å²) in [5.74, 6) is 0. The standard InChI is InChI=1S/C20H41NO3/c1-2-3-4-5-6-7-8-9-10-11-12-13-14-15-16-24-18-20(17-22)21-19-23/h19-20,22H,2-18H2,1H3,(H,21,23)/t20-/m0/s1. The molecule has 144 valence electrons. The number of carbonyl (C=O) groups is 1. The van der Waals surface area contributed by atoms with Crippen LogP contribution in [0.2, 0.25) is 0 Å². The lowest BCUT2D eigenvalue weighted by atomic mass is 10.0. The van der Waals surface area contributed by atoms with Gasteiger partial charge in [-0.15, -0.1) is 0 Å². The summed E-state index contributed by atoms with van der Waals surface area (Å²) in [4.78, 5) is 10.3. The fourth-order valence-corrected chi connectivity index (χ4v) is 2.87. The Morgan fingerprint density at radius 2 is 1.29 bits per heavy atom. The zero-order valence-corrected chi connectivity index (χ0v) is 15.9. The van der Waals surface area contributed by atoms with Gasteiger partial charge in [-0.05, 0) is 6.42 Å². The zero-order chi connectivity index (χ0) is 17.7. The molecule has 0 fully saturated rings. The molecule has 0 aliphatic carbocycles. The highest BCUT2D eigenvalue weighted by atomic mass is 16.5. The molecule has 4 heteroatoms. The number of nitrogens with one attached hydrogen (secondary N) is 1. The molecule has 4 nitrogen and oxygen atoms in total. The Morgan fingerprint density at radius 1 is 0.833 bits per heavy atom. The molecule has 2 N–H and O–H groups in total. The Balaban J connectivity index is 3.08. The van der Waals surface area contributed by atoms with Crippen LogP contribution in [0.5, 0.6) is 0 Å². The van der Waals surface area contributed by atoms with E-state index in [1.807, 2.05) is 0 Å². The summed E-state index contributed by atoms with van der Waals surface area (Å²) in [6, 6.07) is -0.269. The number of ether oxygens (including phenoxy) is 1. The van der Waals surface area contributed by atoms with Crippen molar-refractivity contribution in [1.82, 2.24) is 5.32 Å². The first-order valence-electron chi connectivity index (χ1n) is 10.2. The molecule has 0 saturated heterocycles. The van der Waals surface area contributed by atoms with Gasteiger partial charge in [0.15, 0.2) is 0 Å². The van der Waals surface area contributed by atoms with E-state index >= 15 is 0 Å². The van der Waals surface area contributed by atoms with Crippen molar-refractivity contribution in [3.63, 3.8) is 0 Å². The number of aliphatic hydroxyl groups is 1. The molecule has 1 amide bonds. The average Bonchev–Trinajstić information content (AvgIpc) is 2.60. The first-order valence-corrected chi connectivity index (χ1v) is 10.2. The molecule has 24 heavy (non-hydrogen) atoms. The van der Waals surface area contributed by atoms with Crippen LogP contribution in [0.3, 0.4) is 0 Å². The van der Waals surface area contributed by atoms with E-state index in [0.29, 0.717) is 13.0 Å². The Kier molecular flexibility index (Phi) is 19.9. The molecule has 0 spiro atoms. The Bertz CT molecular complexity index is 249. The minimum absolute atomic E-state index is 0.0719. The van der Waals surface area contributed by atoms with Crippen molar-refractivity contribution in [1.29, 1.82) is 0 Å². The number of amides is 1. The van der Waals surface area contributed by atoms with Crippen LogP contribution in [-0.4, -0.2) is 37.4 Å². The van der Waals surface area contributed by atoms with Crippen molar-refractivity contribution < 1.29 is 14.6 Å². The van der Waals surface area contributed by atoms with E-state index in [9.17, 15) is 4.79 Å². The van der Waals surface area contributed by atoms with Gasteiger partial charge in [-0.1, -0.05) is 90.4 Å². The van der Waals surface area contributed by atoms with E-state index in [2.05, 4.69) is 12.2 Å². The second kappa shape index (κ2) is 20.4. The largest absolute Gasteiger partial charge is 0.394 e. The number of aliphatic hydroxyl groups excluding tert-OH is 1. The van der Waals surface area contributed by atoms with Crippen molar-refractivity contribution in [3.05, 3.63) is 0 Å². The normalized spacial score (nSPS) is 12.2. The topological polar surface area (TPSA) is 58.6 Å². The van der Waals surface area contributed by atoms with E-state index in [1.54, 1.807) is 0 Å². The molecule has 0 aromatic heterocycles. The van der Waals surface area contributed by atoms with Crippen LogP contribution in [0.15, 0.2) is 0 Å². The van der Waals surface area contributed by atoms with Gasteiger partial charge >= 0.3 is 0 Å². The molecule has 1 atom stereocenters. The molecule has 0 rings (SSSR count). The number of hydrogen-bond acceptors (Lipinski definition) is 3. The predicted molar refractivity (Wildman–Crippen MR) is 101 cm³/mol. The lowest BCUT2D eigenvalue weighted by Crippen LogP contribution is -2.35. The van der Waals surface area contributed by atoms with Gasteiger partial charge in [-0.25, -0.2) is 0 Å². The summed E-state index contributed by atoms with van der Waals surface area (Å²) in [7, 11) is 0. The highest BCUT2D eigenvalue weighted by Gasteiger charge is 2.04. The zero-order valence-electron chi connectivity index (χ0n) is 15.9. The SMILES string of the molecule is CCCCCCCCCCCCCCCCOC[C@H](CO)NC=O. The van der Waals surface area contributed by atoms with Crippen LogP contribution in [0.4, 0.5) is 0 Å². The van der Waals surface area contributed by atoms with Crippen molar-refractivity contribution in [2.45, 2.75) is 103 Å². The summed E-state index contributed by atoms with van der Waals surface area (Å²) in [6.45, 7) is 3.31. The van der Waals surface area contributed by atoms with Gasteiger partial charge in [0.05, 0.1) is 19.3 Å². The number of carbonyl (C=O) groups excluding carboxylic acids is 1. The Labute approximate surface area is 149 Å². The van der Waals surface area contributed by atoms with E-state index in [-0.39, 0.29) is 12.6 Å². The van der Waals surface area contributed by atoms with Crippen LogP contribution in [0.25, 0.3) is 0 Å². The third-order valence-corrected chi connectivity index (χ3v) is 4.49. The molecule has 0 unspecified atom stereocenters. The van der Waals surface area contributed by atoms with Crippen molar-refractivity contribution in [3.8, 4) is 0 Å². The highest BCUT2D eigenvalue weighted by Crippen LogP contribution is 2.12. The summed E-state index contributed by atoms with van der Waals surface area (Å²) in [5.41, 5.74) is 0. The van der Waals surface area contributed by atoms with E-state index in [1.165, 1.54) is 83.5 Å². The van der Waals surface area contributed by atoms with Gasteiger partial charge in [0.1, 0.15) is 0 Å². The molecular weight excluding hydrogens is 302 g/mol. The van der Waals surface area contributed by atoms with E-state index in [4.69, 9.17) is 9.84 Å². The average molecular weight is 344 g/mol. The van der Waals surface area contributed by atoms with Gasteiger partial charge in [0.2, 0.25) is 6.41 Å². The molecule has 0 bridgehead atoms. The molecule has 0 saturated carbocycles. The maximum absolute atomic E-state index is 10.3. The molecule has 0 aliphatic rings. The lowest BCUT2D eigenvalue weighted by molar-refractivity contribution is -0.110. The number of rotatable bonds is 20. The molecule has 0 aromatic rings. The second-order valence-electron chi connectivity index (χ2n) is 6.84. The van der Waals surface area contributed by atoms with E-state index < -0.39 is 0 Å². The third kappa shape index (κ3) is 17.7. The fourth-order valence-electron chi connectivity index (χ4n) is 2.87. The highest BCUT2D eigenvalue weighted by molar-refractivity contribution is 5.46. The van der Waals surface area contributed by atoms with Crippen molar-refractivity contribution in [2.75, 3.05) is 19.8 Å². The van der Waals surface area contributed by atoms with E-state index in [0.717, 1.165) is 13.0 Å². The van der Waals surface area contributed by atoms with Crippen LogP contribution in [0, 0.1) is 0 Å². The van der Waals surface area contributed by atoms with Gasteiger partial charge in [0, 0.05) is 6.61 Å². The Morgan fingerprint density at radius 3 is 1.71 bits per heavy atom. The third-order valence-electron chi connectivity index (χ3n) is 4.49. The van der Waals surface area contributed by atoms with Crippen LogP contribution in [0.1, 0.15) is 96.8 Å². The minimum Gasteiger partial charge on any atom is -0.394 e. The lowest BCUT2D eigenvalue weighted by Gasteiger charge is -2.13. The molecular formula is C20H41NO3. The van der Waals surface area contributed by atoms with Crippen LogP contribution >= 0.6 is 0 Å². The van der Waals surface area contributed by atoms with Gasteiger partial charge in [-0.3, -0.25) is 4.79 Å². The molecule has 0 aliphatic heterocycles. The predicted octanol–water partition coefficient (Wildman–Crippen LogP) is 4.59. The maximum atomic E-state index is 10.3. The summed E-state index contributed by atoms with van der Waals surface area (Å²) in [6.07, 6.45) is 19.5. The summed E-state index contributed by atoms with van der Waals surface area (Å²) in [5, 5.41) is 11.5. The van der Waals surface area contributed by atoms with Gasteiger partial charge < -0.3 is 15.2 Å². The van der Waals surface area contributed by atoms with Crippen molar-refractivity contribution >= 4 is 6.41 Å². The number of unbranched alkanes of at least 4 members (excludes halogenated alkanes) is 13. The molecule has 0 heterocycles. The second-order valence-corrected chi connectivity index (χ2v) is 6.84. The fraction of sp³-hybridized carbons (Fsp3) is 0.950. The Hall–Kier alpha value is -0.610. The number of hydrogen-bond donors (Lipinski definition) is 2. The van der Waals surface area contributed by atoms with Gasteiger partial charge in [-0.2, -0.15) is 0 Å².